The number of hydrogen-bond donors (Lipinski definition) is 0. The molecule has 3 aliphatic carbocycles. The van der Waals surface area contributed by atoms with Gasteiger partial charge in [-0.25, -0.2) is 0 Å². The van der Waals surface area contributed by atoms with E-state index in [1.807, 2.05) is 6.92 Å². The van der Waals surface area contributed by atoms with Gasteiger partial charge in [0.15, 0.2) is 5.22 Å². The molecule has 0 N–H and O–H groups in total. The highest BCUT2D eigenvalue weighted by Gasteiger charge is 2.52. The fourth-order valence-corrected chi connectivity index (χ4v) is 5.58. The third-order valence-electron chi connectivity index (χ3n) is 6.92. The van der Waals surface area contributed by atoms with Gasteiger partial charge in [-0.3, -0.25) is 0 Å². The molecule has 27 heavy (non-hydrogen) atoms. The maximum Gasteiger partial charge on any atom is 0.204 e. The average molecular weight is 394 g/mol. The quantitative estimate of drug-likeness (QED) is 0.477. The van der Waals surface area contributed by atoms with E-state index < -0.39 is 11.0 Å². The zero-order valence-electron chi connectivity index (χ0n) is 17.5. The summed E-state index contributed by atoms with van der Waals surface area (Å²) < 4.78 is 19.8. The number of ether oxygens (including phenoxy) is 3. The third-order valence-corrected chi connectivity index (χ3v) is 8.29. The fraction of sp³-hybridized carbons (Fsp3) is 0.955. The van der Waals surface area contributed by atoms with Crippen molar-refractivity contribution in [1.29, 1.82) is 5.26 Å². The maximum absolute atomic E-state index is 10.2. The molecule has 3 saturated carbocycles. The van der Waals surface area contributed by atoms with Crippen LogP contribution < -0.4 is 0 Å². The minimum absolute atomic E-state index is 0.181. The molecule has 0 amide bonds. The van der Waals surface area contributed by atoms with Crippen molar-refractivity contribution in [3.63, 3.8) is 0 Å². The van der Waals surface area contributed by atoms with Crippen LogP contribution in [0.2, 0.25) is 0 Å². The van der Waals surface area contributed by atoms with Crippen LogP contribution in [0, 0.1) is 11.3 Å². The van der Waals surface area contributed by atoms with E-state index in [1.54, 1.807) is 0 Å². The Morgan fingerprint density at radius 2 is 1.00 bits per heavy atom. The fourth-order valence-electron chi connectivity index (χ4n) is 5.01. The molecule has 3 rings (SSSR count). The first kappa shape index (κ1) is 21.3. The Bertz CT molecular complexity index is 470. The number of nitriles is 1. The Hall–Kier alpha value is -0.413. The van der Waals surface area contributed by atoms with Crippen LogP contribution in [0.1, 0.15) is 103 Å². The third kappa shape index (κ3) is 5.56. The lowest BCUT2D eigenvalue weighted by molar-refractivity contribution is -0.326. The van der Waals surface area contributed by atoms with E-state index in [1.165, 1.54) is 57.8 Å². The van der Waals surface area contributed by atoms with E-state index in [0.717, 1.165) is 38.5 Å². The van der Waals surface area contributed by atoms with E-state index in [2.05, 4.69) is 6.07 Å². The second-order valence-electron chi connectivity index (χ2n) is 9.22. The molecule has 1 unspecified atom stereocenters. The highest BCUT2D eigenvalue weighted by Crippen LogP contribution is 2.39. The first-order valence-electron chi connectivity index (χ1n) is 11.5. The molecule has 5 heteroatoms. The molecule has 0 aromatic rings. The summed E-state index contributed by atoms with van der Waals surface area (Å²) in [6, 6.07) is 2.54. The largest absolute Gasteiger partial charge is 0.356 e. The molecule has 0 bridgehead atoms. The monoisotopic (exact) mass is 393 g/mol. The molecule has 0 aromatic carbocycles. The van der Waals surface area contributed by atoms with Crippen LogP contribution in [-0.2, 0) is 14.2 Å². The Balaban J connectivity index is 1.76. The molecule has 0 radical (unpaired) electrons. The van der Waals surface area contributed by atoms with Crippen LogP contribution >= 0.6 is 0 Å². The Kier molecular flexibility index (Phi) is 7.79. The predicted octanol–water partition coefficient (Wildman–Crippen LogP) is 4.34. The standard InChI is InChI=1S/C22H39NO3Si/c1-21(24-18-11-5-2-6-12-18,25-19-13-7-3-8-14-19)22(27,17-23)26-20-15-9-4-10-16-20/h18-20H,2-16H2,1,27H3. The molecule has 0 heterocycles. The summed E-state index contributed by atoms with van der Waals surface area (Å²) in [5.41, 5.74) is 0. The van der Waals surface area contributed by atoms with Crippen LogP contribution in [0.15, 0.2) is 0 Å². The van der Waals surface area contributed by atoms with Crippen LogP contribution in [0.3, 0.4) is 0 Å². The van der Waals surface area contributed by atoms with Gasteiger partial charge in [-0.05, 0) is 45.4 Å². The Morgan fingerprint density at radius 3 is 1.33 bits per heavy atom. The van der Waals surface area contributed by atoms with Crippen molar-refractivity contribution >= 4 is 10.2 Å². The predicted molar refractivity (Wildman–Crippen MR) is 111 cm³/mol. The molecule has 0 aromatic heterocycles. The molecule has 3 fully saturated rings. The summed E-state index contributed by atoms with van der Waals surface area (Å²) in [5.74, 6) is -0.949. The molecule has 4 nitrogen and oxygen atoms in total. The van der Waals surface area contributed by atoms with Gasteiger partial charge >= 0.3 is 0 Å². The van der Waals surface area contributed by atoms with Crippen molar-refractivity contribution in [2.45, 2.75) is 133 Å². The van der Waals surface area contributed by atoms with Gasteiger partial charge in [-0.1, -0.05) is 57.8 Å². The lowest BCUT2D eigenvalue weighted by Crippen LogP contribution is -2.61. The lowest BCUT2D eigenvalue weighted by atomic mass is 9.95. The van der Waals surface area contributed by atoms with Crippen LogP contribution in [0.25, 0.3) is 0 Å². The van der Waals surface area contributed by atoms with E-state index in [-0.39, 0.29) is 18.3 Å². The lowest BCUT2D eigenvalue weighted by Gasteiger charge is -2.47. The number of hydrogen-bond acceptors (Lipinski definition) is 4. The number of rotatable bonds is 7. The van der Waals surface area contributed by atoms with Crippen LogP contribution in [-0.4, -0.2) is 39.6 Å². The van der Waals surface area contributed by atoms with E-state index in [4.69, 9.17) is 14.2 Å². The van der Waals surface area contributed by atoms with Crippen molar-refractivity contribution in [3.05, 3.63) is 0 Å². The first-order chi connectivity index (χ1) is 13.0. The topological polar surface area (TPSA) is 51.5 Å². The zero-order valence-corrected chi connectivity index (χ0v) is 19.5. The highest BCUT2D eigenvalue weighted by molar-refractivity contribution is 6.17. The number of nitrogens with zero attached hydrogens (tertiary/aromatic N) is 1. The molecular weight excluding hydrogens is 354 g/mol. The molecule has 154 valence electrons. The SMILES string of the molecule is CC(OC1CCCCC1)(OC1CCCCC1)C([SiH3])(C#N)OC1CCCCC1. The van der Waals surface area contributed by atoms with Crippen molar-refractivity contribution in [2.24, 2.45) is 0 Å². The summed E-state index contributed by atoms with van der Waals surface area (Å²) in [4.78, 5) is 0. The minimum atomic E-state index is -0.949. The van der Waals surface area contributed by atoms with Gasteiger partial charge in [-0.15, -0.1) is 0 Å². The van der Waals surface area contributed by atoms with E-state index in [0.29, 0.717) is 10.2 Å². The van der Waals surface area contributed by atoms with Crippen molar-refractivity contribution in [2.75, 3.05) is 0 Å². The summed E-state index contributed by atoms with van der Waals surface area (Å²) >= 11 is 0. The zero-order chi connectivity index (χ0) is 19.2. The Morgan fingerprint density at radius 1 is 0.667 bits per heavy atom. The van der Waals surface area contributed by atoms with Crippen LogP contribution in [0.4, 0.5) is 0 Å². The van der Waals surface area contributed by atoms with E-state index in [9.17, 15) is 5.26 Å². The van der Waals surface area contributed by atoms with Crippen molar-refractivity contribution < 1.29 is 14.2 Å². The molecule has 0 spiro atoms. The highest BCUT2D eigenvalue weighted by atomic mass is 28.1. The van der Waals surface area contributed by atoms with Gasteiger partial charge in [0.1, 0.15) is 0 Å². The van der Waals surface area contributed by atoms with Gasteiger partial charge < -0.3 is 14.2 Å². The maximum atomic E-state index is 10.2. The molecule has 3 aliphatic rings. The average Bonchev–Trinajstić information content (AvgIpc) is 2.70. The summed E-state index contributed by atoms with van der Waals surface area (Å²) in [5, 5.41) is 9.27. The van der Waals surface area contributed by atoms with Crippen LogP contribution in [0.5, 0.6) is 0 Å². The van der Waals surface area contributed by atoms with Gasteiger partial charge in [0.2, 0.25) is 5.79 Å². The first-order valence-corrected chi connectivity index (χ1v) is 12.5. The van der Waals surface area contributed by atoms with Crippen molar-refractivity contribution in [3.8, 4) is 6.07 Å². The smallest absolute Gasteiger partial charge is 0.204 e. The molecule has 1 atom stereocenters. The summed E-state index contributed by atoms with van der Waals surface area (Å²) in [6.45, 7) is 2.01. The van der Waals surface area contributed by atoms with Gasteiger partial charge in [0.25, 0.3) is 0 Å². The minimum Gasteiger partial charge on any atom is -0.356 e. The normalized spacial score (nSPS) is 26.5. The molecule has 0 saturated heterocycles. The van der Waals surface area contributed by atoms with Gasteiger partial charge in [0, 0.05) is 0 Å². The Labute approximate surface area is 168 Å². The van der Waals surface area contributed by atoms with Crippen molar-refractivity contribution in [1.82, 2.24) is 0 Å². The van der Waals surface area contributed by atoms with Gasteiger partial charge in [-0.2, -0.15) is 5.26 Å². The summed E-state index contributed by atoms with van der Waals surface area (Å²) in [6.07, 6.45) is 18.2. The second kappa shape index (κ2) is 9.87. The van der Waals surface area contributed by atoms with Gasteiger partial charge in [0.05, 0.1) is 34.6 Å². The van der Waals surface area contributed by atoms with E-state index >= 15 is 0 Å². The molecular formula is C22H39NO3Si. The molecule has 0 aliphatic heterocycles. The summed E-state index contributed by atoms with van der Waals surface area (Å²) in [7, 11) is 0.587. The second-order valence-corrected chi connectivity index (χ2v) is 10.6.